The second-order valence-corrected chi connectivity index (χ2v) is 5.11. The summed E-state index contributed by atoms with van der Waals surface area (Å²) in [4.78, 5) is 0. The first-order chi connectivity index (χ1) is 9.27. The van der Waals surface area contributed by atoms with Gasteiger partial charge >= 0.3 is 0 Å². The molecule has 0 heterocycles. The van der Waals surface area contributed by atoms with Crippen LogP contribution in [0.2, 0.25) is 0 Å². The third-order valence-corrected chi connectivity index (χ3v) is 3.88. The molecule has 0 amide bonds. The van der Waals surface area contributed by atoms with Crippen LogP contribution in [0.4, 0.5) is 4.39 Å². The molecule has 0 bridgehead atoms. The van der Waals surface area contributed by atoms with Crippen LogP contribution in [0.3, 0.4) is 0 Å². The SMILES string of the molecule is OC(C1=CCCCC1)c1ccc(F)c2ccccc12. The van der Waals surface area contributed by atoms with Gasteiger partial charge in [0.05, 0.1) is 0 Å². The fourth-order valence-corrected chi connectivity index (χ4v) is 2.84. The zero-order valence-corrected chi connectivity index (χ0v) is 10.8. The standard InChI is InChI=1S/C17H17FO/c18-16-11-10-15(13-8-4-5-9-14(13)16)17(19)12-6-2-1-3-7-12/h4-6,8-11,17,19H,1-3,7H2. The van der Waals surface area contributed by atoms with E-state index in [4.69, 9.17) is 0 Å². The monoisotopic (exact) mass is 256 g/mol. The van der Waals surface area contributed by atoms with Crippen LogP contribution >= 0.6 is 0 Å². The van der Waals surface area contributed by atoms with E-state index in [0.29, 0.717) is 5.39 Å². The van der Waals surface area contributed by atoms with Gasteiger partial charge in [-0.25, -0.2) is 4.39 Å². The Morgan fingerprint density at radius 2 is 1.79 bits per heavy atom. The molecule has 1 aliphatic carbocycles. The maximum Gasteiger partial charge on any atom is 0.131 e. The van der Waals surface area contributed by atoms with Crippen molar-refractivity contribution in [2.45, 2.75) is 31.8 Å². The quantitative estimate of drug-likeness (QED) is 0.784. The fraction of sp³-hybridized carbons (Fsp3) is 0.294. The van der Waals surface area contributed by atoms with Gasteiger partial charge in [-0.3, -0.25) is 0 Å². The molecule has 2 aromatic carbocycles. The van der Waals surface area contributed by atoms with Crippen LogP contribution in [0, 0.1) is 5.82 Å². The molecular weight excluding hydrogens is 239 g/mol. The van der Waals surface area contributed by atoms with Crippen LogP contribution in [-0.2, 0) is 0 Å². The summed E-state index contributed by atoms with van der Waals surface area (Å²) >= 11 is 0. The molecule has 0 saturated heterocycles. The van der Waals surface area contributed by atoms with Crippen LogP contribution < -0.4 is 0 Å². The molecule has 19 heavy (non-hydrogen) atoms. The van der Waals surface area contributed by atoms with Crippen LogP contribution in [-0.4, -0.2) is 5.11 Å². The maximum atomic E-state index is 13.8. The number of allylic oxidation sites excluding steroid dienone is 1. The van der Waals surface area contributed by atoms with E-state index in [-0.39, 0.29) is 5.82 Å². The van der Waals surface area contributed by atoms with Crippen molar-refractivity contribution in [2.75, 3.05) is 0 Å². The molecule has 0 aromatic heterocycles. The zero-order valence-electron chi connectivity index (χ0n) is 10.8. The molecule has 2 heteroatoms. The van der Waals surface area contributed by atoms with Gasteiger partial charge in [0.25, 0.3) is 0 Å². The Morgan fingerprint density at radius 3 is 2.53 bits per heavy atom. The summed E-state index contributed by atoms with van der Waals surface area (Å²) in [5.41, 5.74) is 1.88. The Labute approximate surface area is 112 Å². The molecule has 1 unspecified atom stereocenters. The molecule has 3 rings (SSSR count). The van der Waals surface area contributed by atoms with E-state index in [1.165, 1.54) is 12.5 Å². The molecule has 98 valence electrons. The van der Waals surface area contributed by atoms with Gasteiger partial charge in [-0.05, 0) is 48.3 Å². The first kappa shape index (κ1) is 12.4. The van der Waals surface area contributed by atoms with Crippen molar-refractivity contribution in [3.63, 3.8) is 0 Å². The molecule has 1 N–H and O–H groups in total. The van der Waals surface area contributed by atoms with Gasteiger partial charge < -0.3 is 5.11 Å². The van der Waals surface area contributed by atoms with Gasteiger partial charge in [-0.15, -0.1) is 0 Å². The molecule has 0 spiro atoms. The number of rotatable bonds is 2. The van der Waals surface area contributed by atoms with Crippen LogP contribution in [0.25, 0.3) is 10.8 Å². The largest absolute Gasteiger partial charge is 0.384 e. The average Bonchev–Trinajstić information content (AvgIpc) is 2.48. The van der Waals surface area contributed by atoms with Crippen LogP contribution in [0.1, 0.15) is 37.4 Å². The van der Waals surface area contributed by atoms with Crippen molar-refractivity contribution in [1.29, 1.82) is 0 Å². The van der Waals surface area contributed by atoms with Gasteiger partial charge in [0, 0.05) is 5.39 Å². The van der Waals surface area contributed by atoms with Crippen molar-refractivity contribution in [3.05, 3.63) is 59.4 Å². The summed E-state index contributed by atoms with van der Waals surface area (Å²) in [5.74, 6) is -0.232. The minimum Gasteiger partial charge on any atom is -0.384 e. The predicted molar refractivity (Wildman–Crippen MR) is 75.4 cm³/mol. The minimum absolute atomic E-state index is 0.232. The molecule has 0 aliphatic heterocycles. The minimum atomic E-state index is -0.606. The molecule has 0 radical (unpaired) electrons. The smallest absolute Gasteiger partial charge is 0.131 e. The van der Waals surface area contributed by atoms with Crippen molar-refractivity contribution in [2.24, 2.45) is 0 Å². The second kappa shape index (κ2) is 5.14. The van der Waals surface area contributed by atoms with Crippen molar-refractivity contribution in [1.82, 2.24) is 0 Å². The van der Waals surface area contributed by atoms with Crippen LogP contribution in [0.5, 0.6) is 0 Å². The predicted octanol–water partition coefficient (Wildman–Crippen LogP) is 4.51. The topological polar surface area (TPSA) is 20.2 Å². The normalized spacial score (nSPS) is 17.3. The summed E-state index contributed by atoms with van der Waals surface area (Å²) in [7, 11) is 0. The van der Waals surface area contributed by atoms with Gasteiger partial charge in [-0.1, -0.05) is 36.4 Å². The van der Waals surface area contributed by atoms with Crippen molar-refractivity contribution in [3.8, 4) is 0 Å². The third-order valence-electron chi connectivity index (χ3n) is 3.88. The number of benzene rings is 2. The Bertz CT molecular complexity index is 630. The van der Waals surface area contributed by atoms with Gasteiger partial charge in [0.1, 0.15) is 11.9 Å². The highest BCUT2D eigenvalue weighted by molar-refractivity contribution is 5.86. The summed E-state index contributed by atoms with van der Waals surface area (Å²) in [6.45, 7) is 0. The first-order valence-electron chi connectivity index (χ1n) is 6.81. The lowest BCUT2D eigenvalue weighted by Crippen LogP contribution is -2.05. The fourth-order valence-electron chi connectivity index (χ4n) is 2.84. The van der Waals surface area contributed by atoms with E-state index in [9.17, 15) is 9.50 Å². The number of halogens is 1. The van der Waals surface area contributed by atoms with E-state index in [2.05, 4.69) is 6.08 Å². The molecule has 1 atom stereocenters. The number of hydrogen-bond donors (Lipinski definition) is 1. The van der Waals surface area contributed by atoms with Crippen molar-refractivity contribution < 1.29 is 9.50 Å². The van der Waals surface area contributed by atoms with Crippen LogP contribution in [0.15, 0.2) is 48.0 Å². The van der Waals surface area contributed by atoms with E-state index < -0.39 is 6.10 Å². The van der Waals surface area contributed by atoms with E-state index in [1.54, 1.807) is 12.1 Å². The molecule has 1 nitrogen and oxygen atoms in total. The third kappa shape index (κ3) is 2.28. The molecule has 0 saturated carbocycles. The highest BCUT2D eigenvalue weighted by Gasteiger charge is 2.18. The summed E-state index contributed by atoms with van der Waals surface area (Å²) in [6, 6.07) is 10.5. The molecule has 0 fully saturated rings. The highest BCUT2D eigenvalue weighted by atomic mass is 19.1. The van der Waals surface area contributed by atoms with E-state index in [1.807, 2.05) is 18.2 Å². The Balaban J connectivity index is 2.10. The Kier molecular flexibility index (Phi) is 3.34. The van der Waals surface area contributed by atoms with E-state index >= 15 is 0 Å². The van der Waals surface area contributed by atoms with Crippen molar-refractivity contribution >= 4 is 10.8 Å². The summed E-state index contributed by atoms with van der Waals surface area (Å²) in [6.07, 6.45) is 5.82. The Morgan fingerprint density at radius 1 is 1.00 bits per heavy atom. The highest BCUT2D eigenvalue weighted by Crippen LogP contribution is 2.34. The van der Waals surface area contributed by atoms with Gasteiger partial charge in [0.15, 0.2) is 0 Å². The molecule has 2 aromatic rings. The zero-order chi connectivity index (χ0) is 13.2. The average molecular weight is 256 g/mol. The van der Waals surface area contributed by atoms with Gasteiger partial charge in [0.2, 0.25) is 0 Å². The number of aliphatic hydroxyl groups excluding tert-OH is 1. The summed E-state index contributed by atoms with van der Waals surface area (Å²) < 4.78 is 13.8. The summed E-state index contributed by atoms with van der Waals surface area (Å²) in [5, 5.41) is 11.9. The number of fused-ring (bicyclic) bond motifs is 1. The lowest BCUT2D eigenvalue weighted by molar-refractivity contribution is 0.210. The maximum absolute atomic E-state index is 13.8. The second-order valence-electron chi connectivity index (χ2n) is 5.11. The first-order valence-corrected chi connectivity index (χ1v) is 6.81. The lowest BCUT2D eigenvalue weighted by Gasteiger charge is -2.20. The lowest BCUT2D eigenvalue weighted by atomic mass is 9.89. The van der Waals surface area contributed by atoms with Gasteiger partial charge in [-0.2, -0.15) is 0 Å². The van der Waals surface area contributed by atoms with E-state index in [0.717, 1.165) is 35.8 Å². The molecule has 1 aliphatic rings. The number of aliphatic hydroxyl groups is 1. The molecular formula is C17H17FO. The number of hydrogen-bond acceptors (Lipinski definition) is 1. The Hall–Kier alpha value is -1.67.